The van der Waals surface area contributed by atoms with Crippen LogP contribution in [0.3, 0.4) is 0 Å². The van der Waals surface area contributed by atoms with Gasteiger partial charge in [0.05, 0.1) is 29.0 Å². The van der Waals surface area contributed by atoms with Gasteiger partial charge in [0.1, 0.15) is 5.69 Å². The molecule has 1 aliphatic rings. The van der Waals surface area contributed by atoms with Gasteiger partial charge in [-0.05, 0) is 48.1 Å². The molecular weight excluding hydrogens is 362 g/mol. The predicted octanol–water partition coefficient (Wildman–Crippen LogP) is 2.47. The van der Waals surface area contributed by atoms with Crippen LogP contribution in [0, 0.1) is 6.92 Å². The normalized spacial score (nSPS) is 19.9. The number of nitrogens with zero attached hydrogens (tertiary/aromatic N) is 2. The molecule has 6 nitrogen and oxygen atoms in total. The lowest BCUT2D eigenvalue weighted by atomic mass is 10.0. The van der Waals surface area contributed by atoms with E-state index in [0.717, 1.165) is 27.0 Å². The summed E-state index contributed by atoms with van der Waals surface area (Å²) in [5.74, 6) is -0.291. The topological polar surface area (TPSA) is 84.3 Å². The van der Waals surface area contributed by atoms with Crippen molar-refractivity contribution in [3.8, 4) is 0 Å². The molecule has 2 N–H and O–H groups in total. The van der Waals surface area contributed by atoms with Crippen LogP contribution in [0.5, 0.6) is 0 Å². The van der Waals surface area contributed by atoms with Crippen molar-refractivity contribution in [2.75, 3.05) is 13.2 Å². The molecule has 4 rings (SSSR count). The van der Waals surface area contributed by atoms with E-state index in [1.165, 1.54) is 0 Å². The number of rotatable bonds is 4. The average molecular weight is 383 g/mol. The molecule has 1 saturated heterocycles. The molecule has 7 heteroatoms. The number of hydrogen-bond donors (Lipinski definition) is 2. The van der Waals surface area contributed by atoms with E-state index >= 15 is 0 Å². The van der Waals surface area contributed by atoms with Gasteiger partial charge in [-0.15, -0.1) is 11.3 Å². The number of nitrogens with one attached hydrogen (secondary N) is 1. The van der Waals surface area contributed by atoms with Crippen molar-refractivity contribution in [1.82, 2.24) is 15.3 Å². The van der Waals surface area contributed by atoms with Crippen LogP contribution in [-0.4, -0.2) is 46.3 Å². The lowest BCUT2D eigenvalue weighted by Gasteiger charge is -2.28. The van der Waals surface area contributed by atoms with Gasteiger partial charge in [0, 0.05) is 24.9 Å². The highest BCUT2D eigenvalue weighted by Gasteiger charge is 2.26. The average Bonchev–Trinajstić information content (AvgIpc) is 3.14. The molecule has 1 aliphatic heterocycles. The molecule has 0 saturated carbocycles. The summed E-state index contributed by atoms with van der Waals surface area (Å²) in [7, 11) is 0. The summed E-state index contributed by atoms with van der Waals surface area (Å²) in [6, 6.07) is 7.39. The summed E-state index contributed by atoms with van der Waals surface area (Å²) in [4.78, 5) is 21.6. The second-order valence-electron chi connectivity index (χ2n) is 6.80. The molecule has 27 heavy (non-hydrogen) atoms. The zero-order valence-electron chi connectivity index (χ0n) is 15.0. The van der Waals surface area contributed by atoms with Crippen LogP contribution in [0.4, 0.5) is 0 Å². The van der Waals surface area contributed by atoms with E-state index in [1.807, 2.05) is 36.7 Å². The number of carbonyl (C=O) groups is 1. The van der Waals surface area contributed by atoms with E-state index in [4.69, 9.17) is 4.74 Å². The lowest BCUT2D eigenvalue weighted by Crippen LogP contribution is -2.49. The van der Waals surface area contributed by atoms with E-state index < -0.39 is 12.1 Å². The first kappa shape index (κ1) is 18.0. The van der Waals surface area contributed by atoms with Crippen LogP contribution in [0.1, 0.15) is 33.7 Å². The maximum Gasteiger partial charge on any atom is 0.270 e. The Balaban J connectivity index is 1.61. The second-order valence-corrected chi connectivity index (χ2v) is 7.71. The number of aryl methyl sites for hydroxylation is 1. The monoisotopic (exact) mass is 383 g/mol. The molecule has 4 heterocycles. The molecule has 1 amide bonds. The molecule has 140 valence electrons. The number of aromatic nitrogens is 2. The first-order valence-corrected chi connectivity index (χ1v) is 9.83. The fourth-order valence-corrected chi connectivity index (χ4v) is 4.05. The van der Waals surface area contributed by atoms with E-state index in [-0.39, 0.29) is 5.91 Å². The largest absolute Gasteiger partial charge is 0.391 e. The summed E-state index contributed by atoms with van der Waals surface area (Å²) in [6.07, 6.45) is 2.48. The Morgan fingerprint density at radius 2 is 2.30 bits per heavy atom. The third kappa shape index (κ3) is 4.00. The molecule has 0 radical (unpaired) electrons. The molecule has 3 aromatic heterocycles. The number of thiophene rings is 1. The molecule has 0 unspecified atom stereocenters. The highest BCUT2D eigenvalue weighted by Crippen LogP contribution is 2.26. The SMILES string of the molecule is Cc1ccc(Cc2cc(C(=O)N[C@H]3COCC[C@@H]3O)nc3ccsc23)cn1. The Bertz CT molecular complexity index is 955. The first-order valence-electron chi connectivity index (χ1n) is 8.95. The van der Waals surface area contributed by atoms with Crippen molar-refractivity contribution in [3.63, 3.8) is 0 Å². The van der Waals surface area contributed by atoms with Crippen molar-refractivity contribution >= 4 is 27.5 Å². The van der Waals surface area contributed by atoms with Crippen LogP contribution in [0.2, 0.25) is 0 Å². The number of ether oxygens (including phenoxy) is 1. The van der Waals surface area contributed by atoms with Crippen molar-refractivity contribution < 1.29 is 14.6 Å². The van der Waals surface area contributed by atoms with Crippen LogP contribution in [0.25, 0.3) is 10.2 Å². The highest BCUT2D eigenvalue weighted by atomic mass is 32.1. The van der Waals surface area contributed by atoms with Gasteiger partial charge in [-0.25, -0.2) is 4.98 Å². The molecule has 2 atom stereocenters. The second kappa shape index (κ2) is 7.72. The molecule has 0 aromatic carbocycles. The number of carbonyl (C=O) groups excluding carboxylic acids is 1. The molecular formula is C20H21N3O3S. The minimum Gasteiger partial charge on any atom is -0.391 e. The van der Waals surface area contributed by atoms with Crippen molar-refractivity contribution in [2.24, 2.45) is 0 Å². The van der Waals surface area contributed by atoms with Crippen LogP contribution in [0.15, 0.2) is 35.8 Å². The first-order chi connectivity index (χ1) is 13.1. The van der Waals surface area contributed by atoms with Crippen molar-refractivity contribution in [1.29, 1.82) is 0 Å². The minimum atomic E-state index is -0.592. The van der Waals surface area contributed by atoms with Gasteiger partial charge < -0.3 is 15.2 Å². The maximum absolute atomic E-state index is 12.7. The number of pyridine rings is 2. The van der Waals surface area contributed by atoms with E-state index in [2.05, 4.69) is 21.4 Å². The number of hydrogen-bond acceptors (Lipinski definition) is 6. The zero-order valence-corrected chi connectivity index (χ0v) is 15.8. The van der Waals surface area contributed by atoms with Gasteiger partial charge in [-0.2, -0.15) is 0 Å². The Labute approximate surface area is 161 Å². The molecule has 1 fully saturated rings. The Morgan fingerprint density at radius 1 is 1.41 bits per heavy atom. The van der Waals surface area contributed by atoms with E-state index in [9.17, 15) is 9.90 Å². The van der Waals surface area contributed by atoms with Gasteiger partial charge in [0.25, 0.3) is 5.91 Å². The number of amides is 1. The van der Waals surface area contributed by atoms with Crippen molar-refractivity contribution in [3.05, 3.63) is 58.4 Å². The number of fused-ring (bicyclic) bond motifs is 1. The zero-order chi connectivity index (χ0) is 18.8. The van der Waals surface area contributed by atoms with Crippen molar-refractivity contribution in [2.45, 2.75) is 31.9 Å². The lowest BCUT2D eigenvalue weighted by molar-refractivity contribution is -0.0140. The summed E-state index contributed by atoms with van der Waals surface area (Å²) < 4.78 is 6.44. The Hall–Kier alpha value is -2.35. The summed E-state index contributed by atoms with van der Waals surface area (Å²) >= 11 is 1.62. The fourth-order valence-electron chi connectivity index (χ4n) is 3.20. The van der Waals surface area contributed by atoms with Crippen LogP contribution in [-0.2, 0) is 11.2 Å². The smallest absolute Gasteiger partial charge is 0.270 e. The van der Waals surface area contributed by atoms with E-state index in [1.54, 1.807) is 11.3 Å². The standard InChI is InChI=1S/C20H21N3O3S/c1-12-2-3-13(10-21-12)8-14-9-16(22-15-5-7-27-19(14)15)20(25)23-17-11-26-6-4-18(17)24/h2-3,5,7,9-10,17-18,24H,4,6,8,11H2,1H3,(H,23,25)/t17-,18-/m0/s1. The highest BCUT2D eigenvalue weighted by molar-refractivity contribution is 7.17. The predicted molar refractivity (Wildman–Crippen MR) is 104 cm³/mol. The van der Waals surface area contributed by atoms with Crippen LogP contribution >= 0.6 is 11.3 Å². The fraction of sp³-hybridized carbons (Fsp3) is 0.350. The Morgan fingerprint density at radius 3 is 3.07 bits per heavy atom. The van der Waals surface area contributed by atoms with Gasteiger partial charge in [0.15, 0.2) is 0 Å². The maximum atomic E-state index is 12.7. The molecule has 3 aromatic rings. The third-order valence-corrected chi connectivity index (χ3v) is 5.70. The summed E-state index contributed by atoms with van der Waals surface area (Å²) in [5.41, 5.74) is 4.27. The summed E-state index contributed by atoms with van der Waals surface area (Å²) in [5, 5.41) is 14.9. The van der Waals surface area contributed by atoms with Gasteiger partial charge in [-0.3, -0.25) is 9.78 Å². The minimum absolute atomic E-state index is 0.291. The van der Waals surface area contributed by atoms with E-state index in [0.29, 0.717) is 31.7 Å². The number of aliphatic hydroxyl groups excluding tert-OH is 1. The van der Waals surface area contributed by atoms with Crippen LogP contribution < -0.4 is 5.32 Å². The third-order valence-electron chi connectivity index (χ3n) is 4.72. The molecule has 0 spiro atoms. The number of aliphatic hydroxyl groups is 1. The Kier molecular flexibility index (Phi) is 5.15. The van der Waals surface area contributed by atoms with Gasteiger partial charge >= 0.3 is 0 Å². The molecule has 0 bridgehead atoms. The van der Waals surface area contributed by atoms with Gasteiger partial charge in [-0.1, -0.05) is 6.07 Å². The quantitative estimate of drug-likeness (QED) is 0.723. The van der Waals surface area contributed by atoms with Gasteiger partial charge in [0.2, 0.25) is 0 Å². The molecule has 0 aliphatic carbocycles. The summed E-state index contributed by atoms with van der Waals surface area (Å²) in [6.45, 7) is 2.79.